The minimum absolute atomic E-state index is 0.183. The van der Waals surface area contributed by atoms with E-state index in [0.717, 1.165) is 28.0 Å². The molecule has 0 fully saturated rings. The molecular weight excluding hydrogens is 440 g/mol. The van der Waals surface area contributed by atoms with Crippen LogP contribution in [0.5, 0.6) is 11.5 Å². The third-order valence-electron chi connectivity index (χ3n) is 5.56. The highest BCUT2D eigenvalue weighted by atomic mass is 16.5. The largest absolute Gasteiger partial charge is 0.494 e. The van der Waals surface area contributed by atoms with Crippen molar-refractivity contribution in [3.05, 3.63) is 108 Å². The average Bonchev–Trinajstić information content (AvgIpc) is 3.32. The lowest BCUT2D eigenvalue weighted by molar-refractivity contribution is 0.0929. The summed E-state index contributed by atoms with van der Waals surface area (Å²) in [5, 5.41) is 7.22. The summed E-state index contributed by atoms with van der Waals surface area (Å²) in [4.78, 5) is 12.4. The van der Waals surface area contributed by atoms with Gasteiger partial charge in [0.1, 0.15) is 23.7 Å². The summed E-state index contributed by atoms with van der Waals surface area (Å²) in [6, 6.07) is 29.1. The Kier molecular flexibility index (Phi) is 6.44. The second-order valence-electron chi connectivity index (χ2n) is 7.94. The first-order valence-corrected chi connectivity index (χ1v) is 11.4. The highest BCUT2D eigenvalue weighted by Crippen LogP contribution is 2.24. The van der Waals surface area contributed by atoms with Crippen LogP contribution < -0.4 is 14.9 Å². The van der Waals surface area contributed by atoms with E-state index >= 15 is 0 Å². The Morgan fingerprint density at radius 3 is 2.54 bits per heavy atom. The minimum atomic E-state index is -0.426. The van der Waals surface area contributed by atoms with Gasteiger partial charge in [-0.1, -0.05) is 42.5 Å². The molecular formula is C29H24N2O4. The van der Waals surface area contributed by atoms with E-state index in [1.807, 2.05) is 61.5 Å². The molecule has 6 heteroatoms. The van der Waals surface area contributed by atoms with Crippen LogP contribution in [0.4, 0.5) is 0 Å². The number of carbonyl (C=O) groups excluding carboxylic acids is 1. The van der Waals surface area contributed by atoms with Crippen molar-refractivity contribution >= 4 is 33.9 Å². The molecule has 1 aromatic heterocycles. The van der Waals surface area contributed by atoms with Crippen LogP contribution in [0.2, 0.25) is 0 Å². The van der Waals surface area contributed by atoms with Gasteiger partial charge >= 0.3 is 5.91 Å². The molecule has 6 nitrogen and oxygen atoms in total. The van der Waals surface area contributed by atoms with Gasteiger partial charge in [-0.2, -0.15) is 5.10 Å². The highest BCUT2D eigenvalue weighted by Gasteiger charge is 2.12. The second-order valence-corrected chi connectivity index (χ2v) is 7.94. The number of nitrogens with zero attached hydrogens (tertiary/aromatic N) is 1. The number of amides is 1. The smallest absolute Gasteiger partial charge is 0.307 e. The van der Waals surface area contributed by atoms with Crippen LogP contribution in [0.3, 0.4) is 0 Å². The molecule has 5 rings (SSSR count). The van der Waals surface area contributed by atoms with Crippen LogP contribution in [0.1, 0.15) is 28.6 Å². The summed E-state index contributed by atoms with van der Waals surface area (Å²) < 4.78 is 17.1. The molecule has 0 aliphatic rings. The third kappa shape index (κ3) is 5.17. The van der Waals surface area contributed by atoms with E-state index < -0.39 is 5.91 Å². The number of carbonyl (C=O) groups is 1. The predicted molar refractivity (Wildman–Crippen MR) is 137 cm³/mol. The second kappa shape index (κ2) is 10.1. The van der Waals surface area contributed by atoms with Crippen LogP contribution in [-0.4, -0.2) is 18.7 Å². The molecule has 5 aromatic rings. The predicted octanol–water partition coefficient (Wildman–Crippen LogP) is 6.33. The number of hydrazone groups is 1. The molecule has 0 saturated heterocycles. The Balaban J connectivity index is 1.18. The van der Waals surface area contributed by atoms with Gasteiger partial charge in [-0.25, -0.2) is 5.43 Å². The zero-order valence-corrected chi connectivity index (χ0v) is 19.2. The van der Waals surface area contributed by atoms with Gasteiger partial charge in [0.05, 0.1) is 12.8 Å². The molecule has 35 heavy (non-hydrogen) atoms. The first-order chi connectivity index (χ1) is 17.2. The highest BCUT2D eigenvalue weighted by molar-refractivity contribution is 5.96. The van der Waals surface area contributed by atoms with Gasteiger partial charge in [0.15, 0.2) is 5.76 Å². The van der Waals surface area contributed by atoms with E-state index in [0.29, 0.717) is 18.8 Å². The molecule has 0 aliphatic heterocycles. The van der Waals surface area contributed by atoms with E-state index in [2.05, 4.69) is 34.8 Å². The first kappa shape index (κ1) is 22.2. The number of fused-ring (bicyclic) bond motifs is 2. The van der Waals surface area contributed by atoms with Gasteiger partial charge in [-0.3, -0.25) is 4.79 Å². The van der Waals surface area contributed by atoms with Gasteiger partial charge < -0.3 is 13.9 Å². The lowest BCUT2D eigenvalue weighted by Crippen LogP contribution is -2.16. The zero-order chi connectivity index (χ0) is 24.0. The molecule has 0 unspecified atom stereocenters. The first-order valence-electron chi connectivity index (χ1n) is 11.4. The Morgan fingerprint density at radius 1 is 0.886 bits per heavy atom. The van der Waals surface area contributed by atoms with Crippen LogP contribution in [-0.2, 0) is 6.61 Å². The lowest BCUT2D eigenvalue weighted by atomic mass is 10.1. The monoisotopic (exact) mass is 464 g/mol. The van der Waals surface area contributed by atoms with Crippen LogP contribution in [0.25, 0.3) is 21.7 Å². The maximum Gasteiger partial charge on any atom is 0.307 e. The molecule has 174 valence electrons. The molecule has 0 radical (unpaired) electrons. The maximum absolute atomic E-state index is 12.4. The number of hydrogen-bond acceptors (Lipinski definition) is 5. The summed E-state index contributed by atoms with van der Waals surface area (Å²) in [7, 11) is 0. The lowest BCUT2D eigenvalue weighted by Gasteiger charge is -2.09. The number of benzene rings is 4. The van der Waals surface area contributed by atoms with Crippen molar-refractivity contribution < 1.29 is 18.7 Å². The number of nitrogens with one attached hydrogen (secondary N) is 1. The van der Waals surface area contributed by atoms with Crippen LogP contribution >= 0.6 is 0 Å². The standard InChI is InChI=1S/C29H24N2O4/c1-2-33-25-14-15-27-23(16-25)17-28(35-27)29(32)31-30-18-20-10-12-24(13-11-20)34-19-22-8-5-7-21-6-3-4-9-26(21)22/h3-18H,2,19H2,1H3,(H,31,32)/b30-18+. The summed E-state index contributed by atoms with van der Waals surface area (Å²) in [5.41, 5.74) is 5.08. The summed E-state index contributed by atoms with van der Waals surface area (Å²) >= 11 is 0. The Bertz CT molecular complexity index is 1500. The van der Waals surface area contributed by atoms with Gasteiger partial charge in [0.2, 0.25) is 0 Å². The molecule has 1 N–H and O–H groups in total. The quantitative estimate of drug-likeness (QED) is 0.215. The van der Waals surface area contributed by atoms with Crippen molar-refractivity contribution in [3.63, 3.8) is 0 Å². The van der Waals surface area contributed by atoms with Crippen molar-refractivity contribution in [2.45, 2.75) is 13.5 Å². The van der Waals surface area contributed by atoms with Crippen LogP contribution in [0, 0.1) is 0 Å². The minimum Gasteiger partial charge on any atom is -0.494 e. The van der Waals surface area contributed by atoms with Crippen molar-refractivity contribution in [3.8, 4) is 11.5 Å². The van der Waals surface area contributed by atoms with E-state index in [1.54, 1.807) is 18.3 Å². The van der Waals surface area contributed by atoms with Gasteiger partial charge in [-0.15, -0.1) is 0 Å². The van der Waals surface area contributed by atoms with Crippen molar-refractivity contribution in [1.29, 1.82) is 0 Å². The van der Waals surface area contributed by atoms with Crippen molar-refractivity contribution in [1.82, 2.24) is 5.43 Å². The normalized spacial score (nSPS) is 11.2. The molecule has 0 atom stereocenters. The van der Waals surface area contributed by atoms with Crippen molar-refractivity contribution in [2.75, 3.05) is 6.61 Å². The number of ether oxygens (including phenoxy) is 2. The molecule has 0 aliphatic carbocycles. The summed E-state index contributed by atoms with van der Waals surface area (Å²) in [5.74, 6) is 1.25. The molecule has 0 bridgehead atoms. The number of hydrogen-bond donors (Lipinski definition) is 1. The summed E-state index contributed by atoms with van der Waals surface area (Å²) in [6.45, 7) is 2.97. The molecule has 0 spiro atoms. The fraction of sp³-hybridized carbons (Fsp3) is 0.103. The van der Waals surface area contributed by atoms with Gasteiger partial charge in [-0.05, 0) is 77.4 Å². The SMILES string of the molecule is CCOc1ccc2oc(C(=O)N/N=C/c3ccc(OCc4cccc5ccccc45)cc3)cc2c1. The summed E-state index contributed by atoms with van der Waals surface area (Å²) in [6.07, 6.45) is 1.57. The molecule has 4 aromatic carbocycles. The fourth-order valence-corrected chi connectivity index (χ4v) is 3.84. The topological polar surface area (TPSA) is 73.1 Å². The Hall–Kier alpha value is -4.58. The number of rotatable bonds is 8. The van der Waals surface area contributed by atoms with Crippen molar-refractivity contribution in [2.24, 2.45) is 5.10 Å². The van der Waals surface area contributed by atoms with Crippen LogP contribution in [0.15, 0.2) is 101 Å². The van der Waals surface area contributed by atoms with E-state index in [4.69, 9.17) is 13.9 Å². The fourth-order valence-electron chi connectivity index (χ4n) is 3.84. The van der Waals surface area contributed by atoms with Gasteiger partial charge in [0.25, 0.3) is 0 Å². The van der Waals surface area contributed by atoms with Gasteiger partial charge in [0, 0.05) is 5.39 Å². The Morgan fingerprint density at radius 2 is 1.69 bits per heavy atom. The molecule has 0 saturated carbocycles. The zero-order valence-electron chi connectivity index (χ0n) is 19.2. The number of furan rings is 1. The Labute approximate surface area is 202 Å². The molecule has 1 amide bonds. The maximum atomic E-state index is 12.4. The van der Waals surface area contributed by atoms with E-state index in [-0.39, 0.29) is 5.76 Å². The average molecular weight is 465 g/mol. The third-order valence-corrected chi connectivity index (χ3v) is 5.56. The molecule has 1 heterocycles. The van der Waals surface area contributed by atoms with E-state index in [1.165, 1.54) is 10.8 Å². The van der Waals surface area contributed by atoms with E-state index in [9.17, 15) is 4.79 Å².